The normalized spacial score (nSPS) is 18.0. The lowest BCUT2D eigenvalue weighted by Crippen LogP contribution is -2.33. The van der Waals surface area contributed by atoms with Crippen molar-refractivity contribution in [3.63, 3.8) is 0 Å². The van der Waals surface area contributed by atoms with Crippen LogP contribution < -0.4 is 16.4 Å². The minimum absolute atomic E-state index is 0. The predicted molar refractivity (Wildman–Crippen MR) is 134 cm³/mol. The first-order valence-corrected chi connectivity index (χ1v) is 11.2. The van der Waals surface area contributed by atoms with Crippen molar-refractivity contribution < 1.29 is 0 Å². The third-order valence-corrected chi connectivity index (χ3v) is 6.22. The Morgan fingerprint density at radius 1 is 1.03 bits per heavy atom. The molecule has 172 valence electrons. The SMILES string of the molecule is Cl.NC1CCC(Nc2nccn3c(-c4ccnc(NCc5ccccc5Cl)n4)cnc23)CC1. The van der Waals surface area contributed by atoms with E-state index in [1.807, 2.05) is 47.1 Å². The van der Waals surface area contributed by atoms with Crippen LogP contribution in [0.4, 0.5) is 11.8 Å². The lowest BCUT2D eigenvalue weighted by atomic mass is 9.92. The number of hydrogen-bond acceptors (Lipinski definition) is 7. The summed E-state index contributed by atoms with van der Waals surface area (Å²) in [6.07, 6.45) is 11.4. The van der Waals surface area contributed by atoms with Crippen molar-refractivity contribution in [1.29, 1.82) is 0 Å². The number of imidazole rings is 1. The Morgan fingerprint density at radius 2 is 1.85 bits per heavy atom. The summed E-state index contributed by atoms with van der Waals surface area (Å²) < 4.78 is 2.00. The molecule has 0 aliphatic heterocycles. The quantitative estimate of drug-likeness (QED) is 0.368. The molecule has 8 nitrogen and oxygen atoms in total. The van der Waals surface area contributed by atoms with Crippen molar-refractivity contribution in [1.82, 2.24) is 24.3 Å². The molecule has 1 fully saturated rings. The fourth-order valence-corrected chi connectivity index (χ4v) is 4.27. The highest BCUT2D eigenvalue weighted by molar-refractivity contribution is 6.31. The van der Waals surface area contributed by atoms with E-state index >= 15 is 0 Å². The molecule has 0 saturated heterocycles. The second kappa shape index (κ2) is 10.3. The van der Waals surface area contributed by atoms with E-state index in [2.05, 4.69) is 30.6 Å². The van der Waals surface area contributed by atoms with E-state index in [-0.39, 0.29) is 12.4 Å². The lowest BCUT2D eigenvalue weighted by Gasteiger charge is -2.27. The number of halogens is 2. The number of nitrogens with two attached hydrogens (primary N) is 1. The molecule has 5 rings (SSSR count). The number of anilines is 2. The third-order valence-electron chi connectivity index (χ3n) is 5.85. The second-order valence-electron chi connectivity index (χ2n) is 8.08. The highest BCUT2D eigenvalue weighted by Gasteiger charge is 2.20. The van der Waals surface area contributed by atoms with Crippen LogP contribution in [-0.4, -0.2) is 36.4 Å². The van der Waals surface area contributed by atoms with E-state index in [4.69, 9.17) is 17.3 Å². The number of aromatic nitrogens is 5. The molecule has 0 radical (unpaired) electrons. The minimum Gasteiger partial charge on any atom is -0.364 e. The molecule has 4 N–H and O–H groups in total. The van der Waals surface area contributed by atoms with Gasteiger partial charge in [-0.3, -0.25) is 4.40 Å². The molecule has 0 bridgehead atoms. The molecule has 0 atom stereocenters. The van der Waals surface area contributed by atoms with E-state index in [0.29, 0.717) is 29.6 Å². The van der Waals surface area contributed by atoms with Gasteiger partial charge in [-0.15, -0.1) is 12.4 Å². The van der Waals surface area contributed by atoms with Crippen LogP contribution in [-0.2, 0) is 6.54 Å². The van der Waals surface area contributed by atoms with Gasteiger partial charge in [0.25, 0.3) is 0 Å². The molecule has 0 amide bonds. The molecule has 33 heavy (non-hydrogen) atoms. The molecule has 0 unspecified atom stereocenters. The third kappa shape index (κ3) is 5.19. The Morgan fingerprint density at radius 3 is 2.67 bits per heavy atom. The molecule has 3 heterocycles. The summed E-state index contributed by atoms with van der Waals surface area (Å²) in [5, 5.41) is 7.52. The molecular weight excluding hydrogens is 459 g/mol. The van der Waals surface area contributed by atoms with Crippen LogP contribution in [0.1, 0.15) is 31.2 Å². The number of rotatable bonds is 6. The first-order chi connectivity index (χ1) is 15.7. The van der Waals surface area contributed by atoms with Gasteiger partial charge in [-0.05, 0) is 43.4 Å². The zero-order valence-electron chi connectivity index (χ0n) is 18.0. The minimum atomic E-state index is 0. The fourth-order valence-electron chi connectivity index (χ4n) is 4.07. The van der Waals surface area contributed by atoms with Crippen molar-refractivity contribution in [2.45, 2.75) is 44.3 Å². The molecular formula is C23H26Cl2N8. The van der Waals surface area contributed by atoms with Gasteiger partial charge in [-0.1, -0.05) is 29.8 Å². The highest BCUT2D eigenvalue weighted by Crippen LogP contribution is 2.26. The summed E-state index contributed by atoms with van der Waals surface area (Å²) >= 11 is 6.25. The summed E-state index contributed by atoms with van der Waals surface area (Å²) in [5.41, 5.74) is 9.46. The molecule has 1 aliphatic rings. The van der Waals surface area contributed by atoms with Crippen molar-refractivity contribution in [3.8, 4) is 11.4 Å². The molecule has 1 saturated carbocycles. The van der Waals surface area contributed by atoms with Gasteiger partial charge in [0, 0.05) is 42.2 Å². The van der Waals surface area contributed by atoms with E-state index in [1.165, 1.54) is 0 Å². The van der Waals surface area contributed by atoms with Gasteiger partial charge in [-0.25, -0.2) is 19.9 Å². The smallest absolute Gasteiger partial charge is 0.223 e. The van der Waals surface area contributed by atoms with Crippen LogP contribution in [0.3, 0.4) is 0 Å². The summed E-state index contributed by atoms with van der Waals surface area (Å²) in [6.45, 7) is 0.541. The fraction of sp³-hybridized carbons (Fsp3) is 0.304. The molecule has 10 heteroatoms. The topological polar surface area (TPSA) is 106 Å². The molecule has 4 aromatic rings. The highest BCUT2D eigenvalue weighted by atomic mass is 35.5. The Hall–Kier alpha value is -2.94. The molecule has 1 aromatic carbocycles. The van der Waals surface area contributed by atoms with Gasteiger partial charge in [0.1, 0.15) is 0 Å². The zero-order chi connectivity index (χ0) is 21.9. The maximum Gasteiger partial charge on any atom is 0.223 e. The van der Waals surface area contributed by atoms with Crippen LogP contribution in [0.2, 0.25) is 5.02 Å². The van der Waals surface area contributed by atoms with Gasteiger partial charge in [0.05, 0.1) is 17.6 Å². The first-order valence-electron chi connectivity index (χ1n) is 10.8. The van der Waals surface area contributed by atoms with Crippen molar-refractivity contribution in [2.75, 3.05) is 10.6 Å². The second-order valence-corrected chi connectivity index (χ2v) is 8.49. The van der Waals surface area contributed by atoms with Gasteiger partial charge in [0.2, 0.25) is 5.95 Å². The van der Waals surface area contributed by atoms with Crippen LogP contribution in [0.25, 0.3) is 17.0 Å². The van der Waals surface area contributed by atoms with Crippen LogP contribution >= 0.6 is 24.0 Å². The average molecular weight is 485 g/mol. The number of fused-ring (bicyclic) bond motifs is 1. The molecule has 3 aromatic heterocycles. The number of nitrogens with one attached hydrogen (secondary N) is 2. The lowest BCUT2D eigenvalue weighted by molar-refractivity contribution is 0.410. The van der Waals surface area contributed by atoms with Gasteiger partial charge >= 0.3 is 0 Å². The number of hydrogen-bond donors (Lipinski definition) is 3. The Labute approximate surface area is 203 Å². The van der Waals surface area contributed by atoms with Crippen molar-refractivity contribution in [3.05, 3.63) is 65.7 Å². The van der Waals surface area contributed by atoms with E-state index < -0.39 is 0 Å². The Bertz CT molecular complexity index is 1220. The summed E-state index contributed by atoms with van der Waals surface area (Å²) in [7, 11) is 0. The summed E-state index contributed by atoms with van der Waals surface area (Å²) in [6, 6.07) is 10.3. The zero-order valence-corrected chi connectivity index (χ0v) is 19.6. The molecule has 0 spiro atoms. The maximum atomic E-state index is 6.25. The summed E-state index contributed by atoms with van der Waals surface area (Å²) in [5.74, 6) is 1.31. The maximum absolute atomic E-state index is 6.25. The predicted octanol–water partition coefficient (Wildman–Crippen LogP) is 4.56. The van der Waals surface area contributed by atoms with Gasteiger partial charge < -0.3 is 16.4 Å². The first kappa shape index (κ1) is 23.2. The Kier molecular flexibility index (Phi) is 7.27. The van der Waals surface area contributed by atoms with E-state index in [1.54, 1.807) is 12.4 Å². The van der Waals surface area contributed by atoms with Crippen molar-refractivity contribution in [2.24, 2.45) is 5.73 Å². The summed E-state index contributed by atoms with van der Waals surface area (Å²) in [4.78, 5) is 18.2. The Balaban J connectivity index is 0.00000259. The van der Waals surface area contributed by atoms with Gasteiger partial charge in [0.15, 0.2) is 11.5 Å². The average Bonchev–Trinajstić information content (AvgIpc) is 3.26. The van der Waals surface area contributed by atoms with Crippen LogP contribution in [0.5, 0.6) is 0 Å². The largest absolute Gasteiger partial charge is 0.364 e. The number of benzene rings is 1. The van der Waals surface area contributed by atoms with E-state index in [9.17, 15) is 0 Å². The van der Waals surface area contributed by atoms with E-state index in [0.717, 1.165) is 54.1 Å². The molecule has 1 aliphatic carbocycles. The van der Waals surface area contributed by atoms with Crippen LogP contribution in [0, 0.1) is 0 Å². The number of nitrogens with zero attached hydrogens (tertiary/aromatic N) is 5. The standard InChI is InChI=1S/C23H25ClN8.ClH/c24-18-4-2-1-3-15(18)13-29-23-27-10-9-19(31-23)20-14-28-22-21(26-11-12-32(20)22)30-17-7-5-16(25)6-8-17;/h1-4,9-12,14,16-17H,5-8,13,25H2,(H,26,30)(H,27,29,31);1H. The monoisotopic (exact) mass is 484 g/mol. The van der Waals surface area contributed by atoms with Crippen molar-refractivity contribution >= 4 is 41.4 Å². The van der Waals surface area contributed by atoms with Gasteiger partial charge in [-0.2, -0.15) is 0 Å². The van der Waals surface area contributed by atoms with Crippen LogP contribution in [0.15, 0.2) is 55.1 Å².